The van der Waals surface area contributed by atoms with Gasteiger partial charge in [0.15, 0.2) is 5.78 Å². The lowest BCUT2D eigenvalue weighted by atomic mass is 9.82. The Morgan fingerprint density at radius 2 is 1.53 bits per heavy atom. The minimum Gasteiger partial charge on any atom is -0.293 e. The lowest BCUT2D eigenvalue weighted by molar-refractivity contribution is 0.0946. The van der Waals surface area contributed by atoms with Gasteiger partial charge < -0.3 is 0 Å². The summed E-state index contributed by atoms with van der Waals surface area (Å²) >= 11 is 0. The minimum atomic E-state index is -0.362. The summed E-state index contributed by atoms with van der Waals surface area (Å²) in [6, 6.07) is 4.33. The zero-order valence-corrected chi connectivity index (χ0v) is 14.5. The van der Waals surface area contributed by atoms with Gasteiger partial charge in [-0.1, -0.05) is 39.8 Å². The van der Waals surface area contributed by atoms with Crippen LogP contribution in [0.3, 0.4) is 0 Å². The molecule has 0 fully saturated rings. The monoisotopic (exact) mass is 278 g/mol. The van der Waals surface area contributed by atoms with E-state index >= 15 is 0 Å². The number of hydrogen-bond donors (Lipinski definition) is 0. The summed E-state index contributed by atoms with van der Waals surface area (Å²) in [6.07, 6.45) is 0.830. The Bertz CT molecular complexity index is 469. The molecule has 0 aliphatic carbocycles. The quantitative estimate of drug-likeness (QED) is 0.572. The molecule has 0 heterocycles. The van der Waals surface area contributed by atoms with Crippen molar-refractivity contribution >= 4 is 15.0 Å². The topological polar surface area (TPSA) is 17.1 Å². The molecular formula is C17H27OP. The maximum atomic E-state index is 12.7. The third-order valence-corrected chi connectivity index (χ3v) is 4.55. The van der Waals surface area contributed by atoms with Crippen LogP contribution in [0.4, 0.5) is 0 Å². The maximum absolute atomic E-state index is 12.7. The van der Waals surface area contributed by atoms with Crippen molar-refractivity contribution in [3.05, 3.63) is 34.4 Å². The molecule has 1 rings (SSSR count). The predicted octanol–water partition coefficient (Wildman–Crippen LogP) is 4.83. The van der Waals surface area contributed by atoms with Crippen molar-refractivity contribution in [3.8, 4) is 0 Å². The van der Waals surface area contributed by atoms with E-state index in [1.54, 1.807) is 0 Å². The Morgan fingerprint density at radius 1 is 1.11 bits per heavy atom. The van der Waals surface area contributed by atoms with Crippen LogP contribution in [0.15, 0.2) is 12.1 Å². The van der Waals surface area contributed by atoms with Crippen molar-refractivity contribution in [1.82, 2.24) is 0 Å². The predicted molar refractivity (Wildman–Crippen MR) is 87.4 cm³/mol. The molecule has 1 aromatic rings. The average Bonchev–Trinajstić information content (AvgIpc) is 2.26. The first-order chi connectivity index (χ1) is 8.50. The van der Waals surface area contributed by atoms with Crippen molar-refractivity contribution < 1.29 is 4.79 Å². The fourth-order valence-corrected chi connectivity index (χ4v) is 2.35. The van der Waals surface area contributed by atoms with Gasteiger partial charge in [-0.15, -0.1) is 9.24 Å². The van der Waals surface area contributed by atoms with E-state index in [1.807, 2.05) is 20.8 Å². The van der Waals surface area contributed by atoms with Gasteiger partial charge in [0, 0.05) is 10.7 Å². The average molecular weight is 278 g/mol. The van der Waals surface area contributed by atoms with Crippen LogP contribution in [0.1, 0.15) is 68.1 Å². The van der Waals surface area contributed by atoms with Gasteiger partial charge in [-0.3, -0.25) is 4.79 Å². The van der Waals surface area contributed by atoms with E-state index in [0.29, 0.717) is 0 Å². The highest BCUT2D eigenvalue weighted by molar-refractivity contribution is 7.21. The number of benzene rings is 1. The lowest BCUT2D eigenvalue weighted by Gasteiger charge is -2.26. The zero-order valence-electron chi connectivity index (χ0n) is 13.3. The SMILES string of the molecule is CCC(C)(P)C(=O)c1c(C)cc(C(C)(C)C)cc1C. The van der Waals surface area contributed by atoms with Crippen LogP contribution < -0.4 is 0 Å². The Labute approximate surface area is 120 Å². The highest BCUT2D eigenvalue weighted by Crippen LogP contribution is 2.32. The van der Waals surface area contributed by atoms with Crippen LogP contribution in [0.25, 0.3) is 0 Å². The standard InChI is InChI=1S/C17H27OP/c1-8-17(7,19)15(18)14-11(2)9-13(10-12(14)3)16(4,5)6/h9-10H,8,19H2,1-7H3. The number of Topliss-reactive ketones (excluding diaryl/α,β-unsaturated/α-hetero) is 1. The van der Waals surface area contributed by atoms with Gasteiger partial charge in [0.2, 0.25) is 0 Å². The van der Waals surface area contributed by atoms with E-state index < -0.39 is 0 Å². The molecule has 0 aliphatic rings. The van der Waals surface area contributed by atoms with Gasteiger partial charge in [0.25, 0.3) is 0 Å². The van der Waals surface area contributed by atoms with Gasteiger partial charge in [-0.05, 0) is 49.3 Å². The Morgan fingerprint density at radius 3 is 1.84 bits per heavy atom. The molecule has 2 unspecified atom stereocenters. The molecule has 0 saturated carbocycles. The molecule has 106 valence electrons. The fraction of sp³-hybridized carbons (Fsp3) is 0.588. The van der Waals surface area contributed by atoms with E-state index in [2.05, 4.69) is 49.1 Å². The molecule has 19 heavy (non-hydrogen) atoms. The lowest BCUT2D eigenvalue weighted by Crippen LogP contribution is -2.29. The van der Waals surface area contributed by atoms with Gasteiger partial charge >= 0.3 is 0 Å². The smallest absolute Gasteiger partial charge is 0.172 e. The van der Waals surface area contributed by atoms with Crippen molar-refractivity contribution in [2.24, 2.45) is 0 Å². The van der Waals surface area contributed by atoms with Crippen LogP contribution in [0, 0.1) is 13.8 Å². The zero-order chi connectivity index (χ0) is 15.0. The molecule has 0 bridgehead atoms. The van der Waals surface area contributed by atoms with E-state index in [4.69, 9.17) is 0 Å². The number of carbonyl (C=O) groups excluding carboxylic acids is 1. The maximum Gasteiger partial charge on any atom is 0.172 e. The van der Waals surface area contributed by atoms with E-state index in [9.17, 15) is 4.79 Å². The minimum absolute atomic E-state index is 0.117. The first kappa shape index (κ1) is 16.4. The second-order valence-electron chi connectivity index (χ2n) is 6.84. The second kappa shape index (κ2) is 5.37. The van der Waals surface area contributed by atoms with Crippen LogP contribution in [0.5, 0.6) is 0 Å². The molecule has 0 amide bonds. The van der Waals surface area contributed by atoms with Gasteiger partial charge in [0.1, 0.15) is 0 Å². The van der Waals surface area contributed by atoms with Crippen molar-refractivity contribution in [1.29, 1.82) is 0 Å². The second-order valence-corrected chi connectivity index (χ2v) is 8.11. The molecule has 2 atom stereocenters. The summed E-state index contributed by atoms with van der Waals surface area (Å²) in [5.41, 5.74) is 4.49. The van der Waals surface area contributed by atoms with Crippen LogP contribution in [0.2, 0.25) is 0 Å². The summed E-state index contributed by atoms with van der Waals surface area (Å²) < 4.78 is 0. The number of hydrogen-bond acceptors (Lipinski definition) is 1. The number of carbonyl (C=O) groups is 1. The molecular weight excluding hydrogens is 251 g/mol. The van der Waals surface area contributed by atoms with E-state index in [1.165, 1.54) is 5.56 Å². The van der Waals surface area contributed by atoms with Crippen molar-refractivity contribution in [2.45, 2.75) is 65.5 Å². The third kappa shape index (κ3) is 3.45. The fourth-order valence-electron chi connectivity index (χ4n) is 2.20. The van der Waals surface area contributed by atoms with Crippen LogP contribution in [-0.4, -0.2) is 10.9 Å². The summed E-state index contributed by atoms with van der Waals surface area (Å²) in [7, 11) is 2.71. The van der Waals surface area contributed by atoms with Crippen LogP contribution >= 0.6 is 9.24 Å². The van der Waals surface area contributed by atoms with E-state index in [0.717, 1.165) is 23.1 Å². The summed E-state index contributed by atoms with van der Waals surface area (Å²) in [4.78, 5) is 12.7. The summed E-state index contributed by atoms with van der Waals surface area (Å²) in [6.45, 7) is 14.8. The Hall–Kier alpha value is -0.680. The molecule has 0 spiro atoms. The third-order valence-electron chi connectivity index (χ3n) is 3.88. The number of aryl methyl sites for hydroxylation is 2. The van der Waals surface area contributed by atoms with E-state index in [-0.39, 0.29) is 16.4 Å². The van der Waals surface area contributed by atoms with Crippen molar-refractivity contribution in [3.63, 3.8) is 0 Å². The van der Waals surface area contributed by atoms with Gasteiger partial charge in [0.05, 0.1) is 0 Å². The molecule has 0 saturated heterocycles. The highest BCUT2D eigenvalue weighted by atomic mass is 31.0. The number of rotatable bonds is 3. The first-order valence-corrected chi connectivity index (χ1v) is 7.54. The van der Waals surface area contributed by atoms with Crippen molar-refractivity contribution in [2.75, 3.05) is 0 Å². The molecule has 1 aromatic carbocycles. The Balaban J connectivity index is 3.37. The first-order valence-electron chi connectivity index (χ1n) is 6.96. The molecule has 0 aromatic heterocycles. The molecule has 0 N–H and O–H groups in total. The summed E-state index contributed by atoms with van der Waals surface area (Å²) in [5, 5.41) is -0.362. The van der Waals surface area contributed by atoms with Crippen LogP contribution in [-0.2, 0) is 5.41 Å². The largest absolute Gasteiger partial charge is 0.293 e. The molecule has 0 aliphatic heterocycles. The van der Waals surface area contributed by atoms with Gasteiger partial charge in [-0.25, -0.2) is 0 Å². The van der Waals surface area contributed by atoms with Gasteiger partial charge in [-0.2, -0.15) is 0 Å². The highest BCUT2D eigenvalue weighted by Gasteiger charge is 2.29. The summed E-state index contributed by atoms with van der Waals surface area (Å²) in [5.74, 6) is 0.232. The molecule has 0 radical (unpaired) electrons. The molecule has 1 nitrogen and oxygen atoms in total. The number of ketones is 1. The Kier molecular flexibility index (Phi) is 4.62. The normalized spacial score (nSPS) is 15.2. The molecule has 2 heteroatoms.